The summed E-state index contributed by atoms with van der Waals surface area (Å²) in [7, 11) is 0. The van der Waals surface area contributed by atoms with Gasteiger partial charge >= 0.3 is 0 Å². The first kappa shape index (κ1) is 13.1. The summed E-state index contributed by atoms with van der Waals surface area (Å²) in [6.07, 6.45) is 0. The molecule has 2 rings (SSSR count). The zero-order chi connectivity index (χ0) is 13.4. The number of nitrogens with one attached hydrogen (secondary N) is 2. The van der Waals surface area contributed by atoms with Crippen LogP contribution in [-0.4, -0.2) is 21.2 Å². The summed E-state index contributed by atoms with van der Waals surface area (Å²) in [4.78, 5) is 25.4. The van der Waals surface area contributed by atoms with E-state index in [1.807, 2.05) is 22.6 Å². The number of carbonyl (C=O) groups is 1. The Morgan fingerprint density at radius 1 is 1.44 bits per heavy atom. The van der Waals surface area contributed by atoms with Gasteiger partial charge in [-0.05, 0) is 34.7 Å². The van der Waals surface area contributed by atoms with Gasteiger partial charge in [0, 0.05) is 8.59 Å². The molecule has 0 saturated heterocycles. The molecule has 4 N–H and O–H groups in total. The summed E-state index contributed by atoms with van der Waals surface area (Å²) >= 11 is 7.74. The molecule has 94 valence electrons. The van der Waals surface area contributed by atoms with Crippen molar-refractivity contribution in [3.8, 4) is 5.75 Å². The fraction of sp³-hybridized carbons (Fsp3) is 0. The van der Waals surface area contributed by atoms with E-state index < -0.39 is 22.8 Å². The van der Waals surface area contributed by atoms with Crippen LogP contribution in [0.2, 0.25) is 5.02 Å². The summed E-state index contributed by atoms with van der Waals surface area (Å²) in [5.41, 5.74) is 0.254. The summed E-state index contributed by atoms with van der Waals surface area (Å²) < 4.78 is 0.566. The number of hydrogen-bond donors (Lipinski definition) is 4. The lowest BCUT2D eigenvalue weighted by molar-refractivity contribution is 0.0702. The third-order valence-electron chi connectivity index (χ3n) is 2.33. The van der Waals surface area contributed by atoms with Gasteiger partial charge in [0.05, 0.1) is 10.9 Å². The molecule has 1 amide bonds. The van der Waals surface area contributed by atoms with Crippen LogP contribution in [0.1, 0.15) is 10.4 Å². The Hall–Kier alpha value is -1.32. The molecule has 0 saturated carbocycles. The molecule has 1 heterocycles. The van der Waals surface area contributed by atoms with Crippen molar-refractivity contribution in [1.29, 1.82) is 0 Å². The summed E-state index contributed by atoms with van der Waals surface area (Å²) in [5.74, 6) is -1.58. The van der Waals surface area contributed by atoms with Crippen LogP contribution < -0.4 is 11.0 Å². The molecule has 6 nitrogen and oxygen atoms in total. The Morgan fingerprint density at radius 2 is 2.11 bits per heavy atom. The normalized spacial score (nSPS) is 10.6. The Kier molecular flexibility index (Phi) is 3.46. The van der Waals surface area contributed by atoms with Crippen molar-refractivity contribution in [3.63, 3.8) is 0 Å². The fourth-order valence-electron chi connectivity index (χ4n) is 1.60. The van der Waals surface area contributed by atoms with E-state index in [-0.39, 0.29) is 0 Å². The maximum absolute atomic E-state index is 11.6. The number of hydrogen-bond acceptors (Lipinski definition) is 4. The Bertz CT molecular complexity index is 713. The minimum atomic E-state index is -1.08. The van der Waals surface area contributed by atoms with Crippen molar-refractivity contribution in [1.82, 2.24) is 10.5 Å². The highest BCUT2D eigenvalue weighted by Gasteiger charge is 2.20. The third kappa shape index (κ3) is 2.04. The number of pyridine rings is 1. The van der Waals surface area contributed by atoms with Gasteiger partial charge in [0.1, 0.15) is 11.3 Å². The maximum atomic E-state index is 11.6. The van der Waals surface area contributed by atoms with E-state index in [2.05, 4.69) is 4.98 Å². The van der Waals surface area contributed by atoms with Gasteiger partial charge in [0.15, 0.2) is 0 Å². The monoisotopic (exact) mass is 380 g/mol. The molecule has 8 heteroatoms. The number of fused-ring (bicyclic) bond motifs is 1. The highest BCUT2D eigenvalue weighted by atomic mass is 127. The lowest BCUT2D eigenvalue weighted by Crippen LogP contribution is -2.27. The maximum Gasteiger partial charge on any atom is 0.284 e. The van der Waals surface area contributed by atoms with Gasteiger partial charge in [-0.15, -0.1) is 0 Å². The molecule has 2 aromatic rings. The van der Waals surface area contributed by atoms with Gasteiger partial charge in [-0.3, -0.25) is 14.8 Å². The van der Waals surface area contributed by atoms with Gasteiger partial charge in [-0.2, -0.15) is 0 Å². The smallest absolute Gasteiger partial charge is 0.284 e. The van der Waals surface area contributed by atoms with E-state index in [1.165, 1.54) is 11.5 Å². The molecule has 0 aliphatic carbocycles. The first-order chi connectivity index (χ1) is 8.45. The second-order valence-corrected chi connectivity index (χ2v) is 5.03. The zero-order valence-electron chi connectivity index (χ0n) is 8.62. The minimum Gasteiger partial charge on any atom is -0.506 e. The zero-order valence-corrected chi connectivity index (χ0v) is 11.5. The van der Waals surface area contributed by atoms with Crippen LogP contribution in [0.3, 0.4) is 0 Å². The lowest BCUT2D eigenvalue weighted by Gasteiger charge is -2.08. The van der Waals surface area contributed by atoms with Crippen molar-refractivity contribution in [3.05, 3.63) is 36.6 Å². The van der Waals surface area contributed by atoms with Crippen molar-refractivity contribution in [2.24, 2.45) is 0 Å². The molecule has 0 bridgehead atoms. The molecule has 0 atom stereocenters. The second kappa shape index (κ2) is 4.75. The first-order valence-electron chi connectivity index (χ1n) is 4.64. The summed E-state index contributed by atoms with van der Waals surface area (Å²) in [6.45, 7) is 0. The van der Waals surface area contributed by atoms with Crippen molar-refractivity contribution in [2.45, 2.75) is 0 Å². The van der Waals surface area contributed by atoms with Crippen LogP contribution >= 0.6 is 34.2 Å². The van der Waals surface area contributed by atoms with E-state index in [0.717, 1.165) is 0 Å². The summed E-state index contributed by atoms with van der Waals surface area (Å²) in [6, 6.07) is 3.03. The predicted octanol–water partition coefficient (Wildman–Crippen LogP) is 1.61. The van der Waals surface area contributed by atoms with Crippen molar-refractivity contribution < 1.29 is 15.1 Å². The fourth-order valence-corrected chi connectivity index (χ4v) is 2.88. The van der Waals surface area contributed by atoms with Gasteiger partial charge in [-0.25, -0.2) is 5.48 Å². The molecule has 0 aliphatic heterocycles. The van der Waals surface area contributed by atoms with Crippen LogP contribution in [0.15, 0.2) is 16.9 Å². The van der Waals surface area contributed by atoms with Gasteiger partial charge in [-0.1, -0.05) is 11.6 Å². The Morgan fingerprint density at radius 3 is 2.72 bits per heavy atom. The van der Waals surface area contributed by atoms with Crippen LogP contribution in [0.25, 0.3) is 10.9 Å². The molecular formula is C10H6ClIN2O4. The third-order valence-corrected chi connectivity index (χ3v) is 3.40. The van der Waals surface area contributed by atoms with Gasteiger partial charge in [0.25, 0.3) is 11.5 Å². The van der Waals surface area contributed by atoms with Crippen LogP contribution in [-0.2, 0) is 0 Å². The van der Waals surface area contributed by atoms with E-state index in [1.54, 1.807) is 6.07 Å². The first-order valence-corrected chi connectivity index (χ1v) is 6.09. The topological polar surface area (TPSA) is 102 Å². The molecule has 0 spiro atoms. The van der Waals surface area contributed by atoms with E-state index in [4.69, 9.17) is 16.8 Å². The number of hydroxylamine groups is 1. The number of aromatic nitrogens is 1. The van der Waals surface area contributed by atoms with Crippen molar-refractivity contribution in [2.75, 3.05) is 0 Å². The second-order valence-electron chi connectivity index (χ2n) is 3.43. The molecule has 1 aromatic carbocycles. The largest absolute Gasteiger partial charge is 0.506 e. The van der Waals surface area contributed by atoms with Gasteiger partial charge < -0.3 is 10.1 Å². The molecule has 0 aliphatic rings. The predicted molar refractivity (Wildman–Crippen MR) is 73.2 cm³/mol. The number of carbonyl (C=O) groups excluding carboxylic acids is 1. The van der Waals surface area contributed by atoms with Crippen LogP contribution in [0, 0.1) is 3.57 Å². The van der Waals surface area contributed by atoms with Crippen LogP contribution in [0.4, 0.5) is 0 Å². The molecule has 18 heavy (non-hydrogen) atoms. The average Bonchev–Trinajstić information content (AvgIpc) is 2.26. The van der Waals surface area contributed by atoms with Crippen LogP contribution in [0.5, 0.6) is 5.75 Å². The number of rotatable bonds is 1. The van der Waals surface area contributed by atoms with E-state index >= 15 is 0 Å². The molecular weight excluding hydrogens is 374 g/mol. The molecule has 0 radical (unpaired) electrons. The van der Waals surface area contributed by atoms with Crippen molar-refractivity contribution >= 4 is 51.0 Å². The summed E-state index contributed by atoms with van der Waals surface area (Å²) in [5, 5.41) is 19.2. The van der Waals surface area contributed by atoms with E-state index in [0.29, 0.717) is 19.5 Å². The number of aromatic hydroxyl groups is 1. The Balaban J connectivity index is 2.94. The number of H-pyrrole nitrogens is 1. The minimum absolute atomic E-state index is 0.290. The highest BCUT2D eigenvalue weighted by molar-refractivity contribution is 14.1. The molecule has 0 unspecified atom stereocenters. The Labute approximate surface area is 119 Å². The number of amides is 1. The standard InChI is InChI=1S/C10H6ClIN2O4/c11-3-1-4(12)6-5(2-3)13-9(16)7(8(6)15)10(17)14-18/h1-2,18H,(H,14,17)(H2,13,15,16). The SMILES string of the molecule is O=C(NO)c1c(O)c2c(I)cc(Cl)cc2[nH]c1=O. The van der Waals surface area contributed by atoms with E-state index in [9.17, 15) is 14.7 Å². The average molecular weight is 381 g/mol. The number of aromatic amines is 1. The number of halogens is 2. The quantitative estimate of drug-likeness (QED) is 0.343. The number of benzene rings is 1. The molecule has 1 aromatic heterocycles. The highest BCUT2D eigenvalue weighted by Crippen LogP contribution is 2.31. The lowest BCUT2D eigenvalue weighted by atomic mass is 10.1. The van der Waals surface area contributed by atoms with Gasteiger partial charge in [0.2, 0.25) is 0 Å². The molecule has 0 fully saturated rings.